The van der Waals surface area contributed by atoms with Crippen LogP contribution in [-0.2, 0) is 16.1 Å². The van der Waals surface area contributed by atoms with Gasteiger partial charge in [0.05, 0.1) is 25.1 Å². The molecule has 1 unspecified atom stereocenters. The van der Waals surface area contributed by atoms with Gasteiger partial charge in [-0.15, -0.1) is 0 Å². The van der Waals surface area contributed by atoms with Gasteiger partial charge in [0.25, 0.3) is 0 Å². The highest BCUT2D eigenvalue weighted by Crippen LogP contribution is 2.17. The lowest BCUT2D eigenvalue weighted by Crippen LogP contribution is -2.24. The maximum absolute atomic E-state index is 8.97. The molecule has 1 aliphatic rings. The van der Waals surface area contributed by atoms with Gasteiger partial charge in [-0.2, -0.15) is 0 Å². The number of aliphatic hydroxyl groups excluding tert-OH is 1. The van der Waals surface area contributed by atoms with Crippen LogP contribution in [0.3, 0.4) is 0 Å². The average Bonchev–Trinajstić information content (AvgIpc) is 2.46. The first-order chi connectivity index (χ1) is 9.29. The van der Waals surface area contributed by atoms with Crippen LogP contribution < -0.4 is 4.74 Å². The molecule has 1 aliphatic heterocycles. The second kappa shape index (κ2) is 7.43. The van der Waals surface area contributed by atoms with E-state index >= 15 is 0 Å². The van der Waals surface area contributed by atoms with Crippen molar-refractivity contribution in [1.29, 1.82) is 0 Å². The summed E-state index contributed by atoms with van der Waals surface area (Å²) in [6.45, 7) is 3.65. The van der Waals surface area contributed by atoms with Crippen LogP contribution in [0.1, 0.15) is 30.5 Å². The minimum Gasteiger partial charge on any atom is -0.489 e. The van der Waals surface area contributed by atoms with E-state index in [1.165, 1.54) is 0 Å². The average molecular weight is 267 g/mol. The summed E-state index contributed by atoms with van der Waals surface area (Å²) in [5.41, 5.74) is 1.62. The van der Waals surface area contributed by atoms with Crippen molar-refractivity contribution >= 4 is 0 Å². The van der Waals surface area contributed by atoms with Crippen LogP contribution in [0.15, 0.2) is 12.3 Å². The highest BCUT2D eigenvalue weighted by Gasteiger charge is 2.13. The molecule has 19 heavy (non-hydrogen) atoms. The van der Waals surface area contributed by atoms with Crippen LogP contribution >= 0.6 is 0 Å². The smallest absolute Gasteiger partial charge is 0.157 e. The molecule has 0 saturated carbocycles. The summed E-state index contributed by atoms with van der Waals surface area (Å²) in [6.07, 6.45) is 4.81. The Labute approximate surface area is 113 Å². The number of aromatic nitrogens is 1. The number of aryl methyl sites for hydroxylation is 1. The maximum Gasteiger partial charge on any atom is 0.157 e. The monoisotopic (exact) mass is 267 g/mol. The fourth-order valence-corrected chi connectivity index (χ4v) is 2.01. The first-order valence-electron chi connectivity index (χ1n) is 6.72. The summed E-state index contributed by atoms with van der Waals surface area (Å²) in [5, 5.41) is 8.97. The van der Waals surface area contributed by atoms with Crippen LogP contribution in [0.5, 0.6) is 5.75 Å². The zero-order chi connectivity index (χ0) is 13.5. The molecule has 0 radical (unpaired) electrons. The van der Waals surface area contributed by atoms with Gasteiger partial charge in [0.15, 0.2) is 6.29 Å². The predicted octanol–water partition coefficient (Wildman–Crippen LogP) is 1.80. The molecule has 1 N–H and O–H groups in total. The summed E-state index contributed by atoms with van der Waals surface area (Å²) in [5.74, 6) is 0.727. The van der Waals surface area contributed by atoms with Gasteiger partial charge in [0.2, 0.25) is 0 Å². The molecule has 1 atom stereocenters. The van der Waals surface area contributed by atoms with Crippen molar-refractivity contribution in [2.75, 3.05) is 19.8 Å². The minimum absolute atomic E-state index is 0.0523. The fourth-order valence-electron chi connectivity index (χ4n) is 2.01. The van der Waals surface area contributed by atoms with Gasteiger partial charge in [0.1, 0.15) is 12.4 Å². The van der Waals surface area contributed by atoms with Crippen LogP contribution in [0.4, 0.5) is 0 Å². The molecule has 1 saturated heterocycles. The van der Waals surface area contributed by atoms with Gasteiger partial charge >= 0.3 is 0 Å². The third-order valence-corrected chi connectivity index (χ3v) is 3.06. The molecule has 5 nitrogen and oxygen atoms in total. The summed E-state index contributed by atoms with van der Waals surface area (Å²) >= 11 is 0. The highest BCUT2D eigenvalue weighted by molar-refractivity contribution is 5.30. The van der Waals surface area contributed by atoms with Crippen LogP contribution in [0.2, 0.25) is 0 Å². The molecule has 0 amide bonds. The van der Waals surface area contributed by atoms with E-state index in [9.17, 15) is 0 Å². The summed E-state index contributed by atoms with van der Waals surface area (Å²) in [4.78, 5) is 4.09. The molecule has 1 aromatic heterocycles. The topological polar surface area (TPSA) is 60.8 Å². The van der Waals surface area contributed by atoms with Crippen molar-refractivity contribution in [3.8, 4) is 5.75 Å². The first kappa shape index (κ1) is 14.2. The van der Waals surface area contributed by atoms with Gasteiger partial charge in [-0.3, -0.25) is 4.98 Å². The molecule has 2 rings (SSSR count). The SMILES string of the molecule is Cc1cc(CO)ncc1OCCOC1CCCCO1. The lowest BCUT2D eigenvalue weighted by molar-refractivity contribution is -0.165. The van der Waals surface area contributed by atoms with E-state index in [2.05, 4.69) is 4.98 Å². The number of ether oxygens (including phenoxy) is 3. The Balaban J connectivity index is 1.70. The number of aliphatic hydroxyl groups is 1. The van der Waals surface area contributed by atoms with Crippen LogP contribution in [0.25, 0.3) is 0 Å². The molecule has 2 heterocycles. The first-order valence-corrected chi connectivity index (χ1v) is 6.72. The standard InChI is InChI=1S/C14H21NO4/c1-11-8-12(10-16)15-9-13(11)17-6-7-19-14-4-2-3-5-18-14/h8-9,14,16H,2-7,10H2,1H3. The third kappa shape index (κ3) is 4.45. The molecule has 0 bridgehead atoms. The third-order valence-electron chi connectivity index (χ3n) is 3.06. The van der Waals surface area contributed by atoms with Crippen molar-refractivity contribution in [1.82, 2.24) is 4.98 Å². The Morgan fingerprint density at radius 1 is 1.42 bits per heavy atom. The lowest BCUT2D eigenvalue weighted by atomic mass is 10.2. The van der Waals surface area contributed by atoms with Crippen molar-refractivity contribution < 1.29 is 19.3 Å². The van der Waals surface area contributed by atoms with E-state index in [0.717, 1.165) is 37.2 Å². The molecule has 0 spiro atoms. The quantitative estimate of drug-likeness (QED) is 0.796. The summed E-state index contributed by atoms with van der Waals surface area (Å²) in [6, 6.07) is 1.82. The van der Waals surface area contributed by atoms with Crippen molar-refractivity contribution in [3.63, 3.8) is 0 Å². The van der Waals surface area contributed by atoms with Crippen molar-refractivity contribution in [2.24, 2.45) is 0 Å². The summed E-state index contributed by atoms with van der Waals surface area (Å²) < 4.78 is 16.7. The molecule has 0 aromatic carbocycles. The molecule has 5 heteroatoms. The highest BCUT2D eigenvalue weighted by atomic mass is 16.7. The maximum atomic E-state index is 8.97. The zero-order valence-electron chi connectivity index (χ0n) is 11.3. The minimum atomic E-state index is -0.0756. The second-order valence-corrected chi connectivity index (χ2v) is 4.61. The number of pyridine rings is 1. The lowest BCUT2D eigenvalue weighted by Gasteiger charge is -2.22. The molecule has 0 aliphatic carbocycles. The van der Waals surface area contributed by atoms with Gasteiger partial charge < -0.3 is 19.3 Å². The predicted molar refractivity (Wildman–Crippen MR) is 69.9 cm³/mol. The largest absolute Gasteiger partial charge is 0.489 e. The van der Waals surface area contributed by atoms with E-state index in [-0.39, 0.29) is 12.9 Å². The number of hydrogen-bond acceptors (Lipinski definition) is 5. The number of rotatable bonds is 6. The zero-order valence-corrected chi connectivity index (χ0v) is 11.3. The Kier molecular flexibility index (Phi) is 5.57. The van der Waals surface area contributed by atoms with E-state index in [0.29, 0.717) is 18.9 Å². The van der Waals surface area contributed by atoms with E-state index < -0.39 is 0 Å². The molecule has 1 aromatic rings. The number of nitrogens with zero attached hydrogens (tertiary/aromatic N) is 1. The van der Waals surface area contributed by atoms with Crippen LogP contribution in [0, 0.1) is 6.92 Å². The normalized spacial score (nSPS) is 19.4. The van der Waals surface area contributed by atoms with Crippen molar-refractivity contribution in [2.45, 2.75) is 39.1 Å². The van der Waals surface area contributed by atoms with Crippen molar-refractivity contribution in [3.05, 3.63) is 23.5 Å². The molecular weight excluding hydrogens is 246 g/mol. The van der Waals surface area contributed by atoms with Gasteiger partial charge in [-0.05, 0) is 37.8 Å². The summed E-state index contributed by atoms with van der Waals surface area (Å²) in [7, 11) is 0. The van der Waals surface area contributed by atoms with Crippen LogP contribution in [-0.4, -0.2) is 36.2 Å². The molecule has 1 fully saturated rings. The second-order valence-electron chi connectivity index (χ2n) is 4.61. The van der Waals surface area contributed by atoms with Gasteiger partial charge in [-0.25, -0.2) is 0 Å². The molecule has 106 valence electrons. The van der Waals surface area contributed by atoms with Gasteiger partial charge in [-0.1, -0.05) is 0 Å². The fraction of sp³-hybridized carbons (Fsp3) is 0.643. The Bertz CT molecular complexity index is 391. The number of hydrogen-bond donors (Lipinski definition) is 1. The molecular formula is C14H21NO4. The van der Waals surface area contributed by atoms with E-state index in [1.807, 2.05) is 13.0 Å². The van der Waals surface area contributed by atoms with Gasteiger partial charge in [0, 0.05) is 6.61 Å². The Morgan fingerprint density at radius 2 is 2.32 bits per heavy atom. The Morgan fingerprint density at radius 3 is 3.00 bits per heavy atom. The van der Waals surface area contributed by atoms with E-state index in [1.54, 1.807) is 6.20 Å². The Hall–Kier alpha value is -1.17. The van der Waals surface area contributed by atoms with E-state index in [4.69, 9.17) is 19.3 Å².